The molecule has 1 N–H and O–H groups in total. The van der Waals surface area contributed by atoms with Crippen molar-refractivity contribution in [2.75, 3.05) is 6.61 Å². The largest absolute Gasteiger partial charge is 0.384 e. The van der Waals surface area contributed by atoms with Crippen LogP contribution in [0.25, 0.3) is 0 Å². The molecule has 1 aromatic carbocycles. The van der Waals surface area contributed by atoms with E-state index in [9.17, 15) is 4.39 Å². The number of aliphatic hydroxyl groups is 1. The highest BCUT2D eigenvalue weighted by atomic mass is 32.2. The van der Waals surface area contributed by atoms with E-state index in [4.69, 9.17) is 5.11 Å². The topological polar surface area (TPSA) is 50.9 Å². The number of aryl methyl sites for hydroxylation is 1. The van der Waals surface area contributed by atoms with Gasteiger partial charge in [-0.3, -0.25) is 0 Å². The van der Waals surface area contributed by atoms with Gasteiger partial charge in [-0.1, -0.05) is 23.6 Å². The Balaban J connectivity index is 2.12. The third kappa shape index (κ3) is 3.81. The van der Waals surface area contributed by atoms with E-state index >= 15 is 0 Å². The van der Waals surface area contributed by atoms with E-state index in [0.29, 0.717) is 11.3 Å². The van der Waals surface area contributed by atoms with Crippen LogP contribution in [-0.4, -0.2) is 26.5 Å². The number of aromatic nitrogens is 3. The summed E-state index contributed by atoms with van der Waals surface area (Å²) in [5.74, 6) is 5.45. The number of benzene rings is 1. The summed E-state index contributed by atoms with van der Waals surface area (Å²) in [6, 6.07) is 4.61. The molecule has 0 radical (unpaired) electrons. The van der Waals surface area contributed by atoms with Gasteiger partial charge in [-0.25, -0.2) is 4.39 Å². The molecule has 4 nitrogen and oxygen atoms in total. The molecule has 98 valence electrons. The zero-order chi connectivity index (χ0) is 13.7. The maximum absolute atomic E-state index is 13.4. The van der Waals surface area contributed by atoms with Crippen LogP contribution in [-0.2, 0) is 12.8 Å². The van der Waals surface area contributed by atoms with Crippen molar-refractivity contribution in [1.82, 2.24) is 14.8 Å². The van der Waals surface area contributed by atoms with E-state index in [0.717, 1.165) is 10.7 Å². The number of thioether (sulfide) groups is 1. The summed E-state index contributed by atoms with van der Waals surface area (Å²) in [5, 5.41) is 17.1. The monoisotopic (exact) mass is 277 g/mol. The molecule has 0 fully saturated rings. The van der Waals surface area contributed by atoms with Crippen molar-refractivity contribution in [3.8, 4) is 11.8 Å². The highest BCUT2D eigenvalue weighted by Gasteiger charge is 2.04. The lowest BCUT2D eigenvalue weighted by molar-refractivity contribution is 0.350. The van der Waals surface area contributed by atoms with Crippen molar-refractivity contribution < 1.29 is 9.50 Å². The molecule has 0 unspecified atom stereocenters. The number of hydrogen-bond donors (Lipinski definition) is 1. The Morgan fingerprint density at radius 3 is 2.95 bits per heavy atom. The van der Waals surface area contributed by atoms with Crippen molar-refractivity contribution in [3.05, 3.63) is 41.5 Å². The number of hydrogen-bond acceptors (Lipinski definition) is 4. The molecule has 1 aromatic heterocycles. The fraction of sp³-hybridized carbons (Fsp3) is 0.231. The first-order valence-corrected chi connectivity index (χ1v) is 6.53. The van der Waals surface area contributed by atoms with Crippen LogP contribution >= 0.6 is 11.8 Å². The second kappa shape index (κ2) is 6.36. The molecule has 0 aliphatic carbocycles. The predicted molar refractivity (Wildman–Crippen MR) is 70.9 cm³/mol. The normalized spacial score (nSPS) is 10.1. The van der Waals surface area contributed by atoms with E-state index in [2.05, 4.69) is 22.0 Å². The minimum atomic E-state index is -0.335. The van der Waals surface area contributed by atoms with Gasteiger partial charge < -0.3 is 9.67 Å². The number of halogens is 1. The lowest BCUT2D eigenvalue weighted by atomic mass is 10.1. The molecular formula is C13H12FN3OS. The molecule has 0 saturated carbocycles. The summed E-state index contributed by atoms with van der Waals surface area (Å²) in [6.45, 7) is -0.237. The third-order valence-corrected chi connectivity index (χ3v) is 3.41. The van der Waals surface area contributed by atoms with Crippen LogP contribution in [0.1, 0.15) is 11.1 Å². The average molecular weight is 277 g/mol. The molecule has 0 aliphatic rings. The summed E-state index contributed by atoms with van der Waals surface area (Å²) < 4.78 is 15.2. The lowest BCUT2D eigenvalue weighted by Crippen LogP contribution is -1.91. The second-order valence-corrected chi connectivity index (χ2v) is 4.76. The molecule has 1 heterocycles. The van der Waals surface area contributed by atoms with Gasteiger partial charge in [0.25, 0.3) is 0 Å². The fourth-order valence-electron chi connectivity index (χ4n) is 1.50. The molecule has 0 amide bonds. The Hall–Kier alpha value is -1.84. The zero-order valence-electron chi connectivity index (χ0n) is 10.3. The van der Waals surface area contributed by atoms with E-state index in [1.165, 1.54) is 23.9 Å². The smallest absolute Gasteiger partial charge is 0.191 e. The van der Waals surface area contributed by atoms with Gasteiger partial charge in [0.05, 0.1) is 0 Å². The highest BCUT2D eigenvalue weighted by molar-refractivity contribution is 7.98. The predicted octanol–water partition coefficient (Wildman–Crippen LogP) is 1.59. The van der Waals surface area contributed by atoms with Crippen molar-refractivity contribution in [2.45, 2.75) is 10.9 Å². The Labute approximate surface area is 114 Å². The third-order valence-electron chi connectivity index (χ3n) is 2.31. The Morgan fingerprint density at radius 2 is 2.26 bits per heavy atom. The maximum Gasteiger partial charge on any atom is 0.191 e. The van der Waals surface area contributed by atoms with Gasteiger partial charge in [-0.2, -0.15) is 0 Å². The Morgan fingerprint density at radius 1 is 1.42 bits per heavy atom. The molecule has 2 rings (SSSR count). The lowest BCUT2D eigenvalue weighted by Gasteiger charge is -2.02. The number of rotatable bonds is 3. The van der Waals surface area contributed by atoms with Crippen molar-refractivity contribution in [2.24, 2.45) is 7.05 Å². The SMILES string of the molecule is Cn1cnnc1SCc1cc(F)cc(C#CCO)c1. The van der Waals surface area contributed by atoms with Gasteiger partial charge in [0, 0.05) is 18.4 Å². The first-order valence-electron chi connectivity index (χ1n) is 5.55. The van der Waals surface area contributed by atoms with Crippen LogP contribution in [0.2, 0.25) is 0 Å². The van der Waals surface area contributed by atoms with Crippen molar-refractivity contribution >= 4 is 11.8 Å². The first-order chi connectivity index (χ1) is 9.19. The molecule has 0 saturated heterocycles. The quantitative estimate of drug-likeness (QED) is 0.684. The zero-order valence-corrected chi connectivity index (χ0v) is 11.1. The second-order valence-electron chi connectivity index (χ2n) is 3.82. The van der Waals surface area contributed by atoms with Gasteiger partial charge >= 0.3 is 0 Å². The van der Waals surface area contributed by atoms with E-state index < -0.39 is 0 Å². The summed E-state index contributed by atoms with van der Waals surface area (Å²) in [6.07, 6.45) is 1.62. The van der Waals surface area contributed by atoms with Crippen LogP contribution in [0.3, 0.4) is 0 Å². The van der Waals surface area contributed by atoms with Gasteiger partial charge in [0.1, 0.15) is 18.8 Å². The Bertz CT molecular complexity index is 630. The molecule has 0 bridgehead atoms. The Kier molecular flexibility index (Phi) is 4.55. The van der Waals surface area contributed by atoms with Crippen LogP contribution < -0.4 is 0 Å². The summed E-state index contributed by atoms with van der Waals surface area (Å²) in [5.41, 5.74) is 1.37. The molecule has 19 heavy (non-hydrogen) atoms. The van der Waals surface area contributed by atoms with Crippen LogP contribution in [0, 0.1) is 17.7 Å². The van der Waals surface area contributed by atoms with Crippen molar-refractivity contribution in [3.63, 3.8) is 0 Å². The average Bonchev–Trinajstić information content (AvgIpc) is 2.79. The van der Waals surface area contributed by atoms with Crippen molar-refractivity contribution in [1.29, 1.82) is 0 Å². The molecular weight excluding hydrogens is 265 g/mol. The summed E-state index contributed by atoms with van der Waals surface area (Å²) in [7, 11) is 1.85. The van der Waals surface area contributed by atoms with E-state index in [1.54, 1.807) is 17.0 Å². The molecule has 2 aromatic rings. The van der Waals surface area contributed by atoms with Crippen LogP contribution in [0.15, 0.2) is 29.7 Å². The molecule has 0 spiro atoms. The standard InChI is InChI=1S/C13H12FN3OS/c1-17-9-15-16-13(17)19-8-11-5-10(3-2-4-18)6-12(14)7-11/h5-7,9,18H,4,8H2,1H3. The molecule has 0 atom stereocenters. The van der Waals surface area contributed by atoms with Gasteiger partial charge in [0.2, 0.25) is 0 Å². The highest BCUT2D eigenvalue weighted by Crippen LogP contribution is 2.21. The summed E-state index contributed by atoms with van der Waals surface area (Å²) in [4.78, 5) is 0. The minimum absolute atomic E-state index is 0.237. The summed E-state index contributed by atoms with van der Waals surface area (Å²) >= 11 is 1.47. The number of nitrogens with zero attached hydrogens (tertiary/aromatic N) is 3. The fourth-order valence-corrected chi connectivity index (χ4v) is 2.32. The number of aliphatic hydroxyl groups excluding tert-OH is 1. The van der Waals surface area contributed by atoms with Gasteiger partial charge in [-0.05, 0) is 23.8 Å². The van der Waals surface area contributed by atoms with Crippen LogP contribution in [0.5, 0.6) is 0 Å². The van der Waals surface area contributed by atoms with Crippen LogP contribution in [0.4, 0.5) is 4.39 Å². The van der Waals surface area contributed by atoms with E-state index in [1.807, 2.05) is 7.05 Å². The molecule has 0 aliphatic heterocycles. The van der Waals surface area contributed by atoms with E-state index in [-0.39, 0.29) is 12.4 Å². The molecule has 6 heteroatoms. The van der Waals surface area contributed by atoms with Gasteiger partial charge in [0.15, 0.2) is 5.16 Å². The van der Waals surface area contributed by atoms with Gasteiger partial charge in [-0.15, -0.1) is 10.2 Å². The first kappa shape index (κ1) is 13.6. The maximum atomic E-state index is 13.4. The minimum Gasteiger partial charge on any atom is -0.384 e.